The molecule has 1 fully saturated rings. The van der Waals surface area contributed by atoms with E-state index in [0.717, 1.165) is 18.8 Å². The maximum Gasteiger partial charge on any atom is 0.270 e. The highest BCUT2D eigenvalue weighted by Crippen LogP contribution is 2.29. The second-order valence-electron chi connectivity index (χ2n) is 9.42. The number of rotatable bonds is 7. The molecule has 1 aliphatic heterocycles. The molecule has 0 aliphatic carbocycles. The zero-order valence-electron chi connectivity index (χ0n) is 21.9. The normalized spacial score (nSPS) is 14.2. The number of benzene rings is 1. The molecule has 40 heavy (non-hydrogen) atoms. The molecular weight excluding hydrogens is 502 g/mol. The fourth-order valence-corrected chi connectivity index (χ4v) is 4.48. The van der Waals surface area contributed by atoms with Gasteiger partial charge in [-0.05, 0) is 35.0 Å². The van der Waals surface area contributed by atoms with E-state index < -0.39 is 16.5 Å². The van der Waals surface area contributed by atoms with Gasteiger partial charge in [-0.2, -0.15) is 0 Å². The van der Waals surface area contributed by atoms with Crippen molar-refractivity contribution in [1.29, 1.82) is 0 Å². The second-order valence-corrected chi connectivity index (χ2v) is 9.42. The molecule has 0 unspecified atom stereocenters. The first kappa shape index (κ1) is 27.5. The molecule has 3 aromatic heterocycles. The average Bonchev–Trinajstić information content (AvgIpc) is 2.96. The Morgan fingerprint density at radius 3 is 2.50 bits per heavy atom. The summed E-state index contributed by atoms with van der Waals surface area (Å²) in [6, 6.07) is 11.8. The largest absolute Gasteiger partial charge is 0.494 e. The molecule has 8 radical (unpaired) electrons. The number of carbonyl (C=O) groups excluding carboxylic acids is 1. The molecule has 5 rings (SSSR count). The van der Waals surface area contributed by atoms with Crippen LogP contribution < -0.4 is 20.7 Å². The Balaban J connectivity index is 1.43. The van der Waals surface area contributed by atoms with E-state index in [1.165, 1.54) is 7.11 Å². The van der Waals surface area contributed by atoms with Gasteiger partial charge in [-0.25, -0.2) is 9.97 Å². The van der Waals surface area contributed by atoms with Crippen molar-refractivity contribution in [2.75, 3.05) is 44.0 Å². The average molecular weight is 525 g/mol. The fourth-order valence-electron chi connectivity index (χ4n) is 4.48. The van der Waals surface area contributed by atoms with Gasteiger partial charge in [0.05, 0.1) is 63.6 Å². The molecule has 1 aliphatic rings. The summed E-state index contributed by atoms with van der Waals surface area (Å²) in [7, 11) is 27.4. The quantitative estimate of drug-likeness (QED) is 0.327. The Kier molecular flexibility index (Phi) is 7.46. The first-order valence-electron chi connectivity index (χ1n) is 12.4. The Hall–Kier alpha value is -4.05. The molecule has 14 heteroatoms. The lowest BCUT2D eigenvalue weighted by molar-refractivity contribution is 0.0938. The van der Waals surface area contributed by atoms with Gasteiger partial charge in [-0.1, -0.05) is 18.2 Å². The van der Waals surface area contributed by atoms with Gasteiger partial charge in [0, 0.05) is 41.4 Å². The molecule has 3 N–H and O–H groups in total. The van der Waals surface area contributed by atoms with E-state index in [1.807, 2.05) is 6.07 Å². The van der Waals surface area contributed by atoms with E-state index in [4.69, 9.17) is 46.6 Å². The summed E-state index contributed by atoms with van der Waals surface area (Å²) in [5.41, 5.74) is 7.97. The van der Waals surface area contributed by atoms with Gasteiger partial charge in [0.1, 0.15) is 17.0 Å². The second kappa shape index (κ2) is 10.8. The molecule has 1 saturated heterocycles. The van der Waals surface area contributed by atoms with E-state index in [9.17, 15) is 4.79 Å². The van der Waals surface area contributed by atoms with Crippen LogP contribution in [0.2, 0.25) is 0 Å². The Morgan fingerprint density at radius 1 is 1.02 bits per heavy atom. The topological polar surface area (TPSA) is 128 Å². The first-order valence-corrected chi connectivity index (χ1v) is 12.4. The van der Waals surface area contributed by atoms with E-state index in [1.54, 1.807) is 48.8 Å². The van der Waals surface area contributed by atoms with Crippen LogP contribution >= 0.6 is 0 Å². The number of amides is 1. The van der Waals surface area contributed by atoms with Crippen molar-refractivity contribution < 1.29 is 14.3 Å². The minimum Gasteiger partial charge on any atom is -0.494 e. The summed E-state index contributed by atoms with van der Waals surface area (Å²) in [4.78, 5) is 32.6. The van der Waals surface area contributed by atoms with Crippen LogP contribution in [0, 0.1) is 0 Å². The lowest BCUT2D eigenvalue weighted by Crippen LogP contribution is -2.48. The van der Waals surface area contributed by atoms with Gasteiger partial charge < -0.3 is 25.4 Å². The van der Waals surface area contributed by atoms with Crippen molar-refractivity contribution in [3.63, 3.8) is 0 Å². The number of nitrogens with two attached hydrogens (primary N) is 1. The van der Waals surface area contributed by atoms with Crippen molar-refractivity contribution in [3.8, 4) is 5.75 Å². The minimum atomic E-state index is -1.93. The van der Waals surface area contributed by atoms with Crippen LogP contribution in [0.4, 0.5) is 11.6 Å². The maximum absolute atomic E-state index is 13.3. The van der Waals surface area contributed by atoms with Crippen molar-refractivity contribution in [1.82, 2.24) is 25.3 Å². The third-order valence-electron chi connectivity index (χ3n) is 6.64. The van der Waals surface area contributed by atoms with Gasteiger partial charge >= 0.3 is 0 Å². The summed E-state index contributed by atoms with van der Waals surface area (Å²) in [5.74, 6) is -0.388. The summed E-state index contributed by atoms with van der Waals surface area (Å²) in [6.07, 6.45) is 3.32. The minimum absolute atomic E-state index is 0.0316. The first-order chi connectivity index (χ1) is 19.1. The highest BCUT2D eigenvalue weighted by Gasteiger charge is 2.30. The predicted octanol–water partition coefficient (Wildman–Crippen LogP) is 0.263. The van der Waals surface area contributed by atoms with Gasteiger partial charge in [0.2, 0.25) is 5.95 Å². The number of hydrogen-bond acceptors (Lipinski definition) is 9. The maximum atomic E-state index is 13.3. The van der Waals surface area contributed by atoms with Crippen LogP contribution in [0.3, 0.4) is 0 Å². The number of carbonyl (C=O) groups is 1. The Labute approximate surface area is 237 Å². The van der Waals surface area contributed by atoms with Gasteiger partial charge in [-0.15, -0.1) is 0 Å². The number of methoxy groups -OCH3 is 1. The van der Waals surface area contributed by atoms with Crippen LogP contribution in [-0.2, 0) is 15.3 Å². The molecular formula is C26H23B4N7O3. The number of fused-ring (bicyclic) bond motifs is 1. The lowest BCUT2D eigenvalue weighted by atomic mass is 9.49. The highest BCUT2D eigenvalue weighted by atomic mass is 16.5. The molecule has 1 aromatic carbocycles. The molecule has 4 aromatic rings. The molecule has 0 spiro atoms. The standard InChI is InChI=1S/C26H23B4N7O3/c1-39-18-5-2-4-17-21(18)34-24(31)35-22(17)23(38)36-26(29,30)20-7-3-6-19(33-20)25(27,28)15-12-16(14-32-13-15)37-8-10-40-11-9-37/h2-7,12-14H,8-11H2,1H3,(H,36,38)(H2,31,34,35). The molecule has 10 nitrogen and oxygen atoms in total. The molecule has 0 saturated carbocycles. The molecule has 192 valence electrons. The van der Waals surface area contributed by atoms with Gasteiger partial charge in [0.15, 0.2) is 0 Å². The van der Waals surface area contributed by atoms with Crippen LogP contribution in [-0.4, -0.2) is 90.6 Å². The van der Waals surface area contributed by atoms with Crippen LogP contribution in [0.25, 0.3) is 10.9 Å². The number of nitrogens with zero attached hydrogens (tertiary/aromatic N) is 5. The molecule has 0 atom stereocenters. The van der Waals surface area contributed by atoms with Crippen molar-refractivity contribution in [3.05, 3.63) is 77.5 Å². The van der Waals surface area contributed by atoms with E-state index in [-0.39, 0.29) is 23.0 Å². The SMILES string of the molecule is [B]C([B])(NC(=O)c1nc(N)nc2c(OC)cccc12)c1cccc(C([B])([B])c2cncc(N3CCOCC3)c2)n1. The molecule has 1 amide bonds. The summed E-state index contributed by atoms with van der Waals surface area (Å²) in [6.45, 7) is 2.69. The zero-order valence-corrected chi connectivity index (χ0v) is 21.9. The number of nitrogens with one attached hydrogen (secondary N) is 1. The van der Waals surface area contributed by atoms with Crippen LogP contribution in [0.1, 0.15) is 27.4 Å². The fraction of sp³-hybridized carbons (Fsp3) is 0.269. The predicted molar refractivity (Wildman–Crippen MR) is 155 cm³/mol. The smallest absolute Gasteiger partial charge is 0.270 e. The van der Waals surface area contributed by atoms with E-state index in [0.29, 0.717) is 35.4 Å². The van der Waals surface area contributed by atoms with Gasteiger partial charge in [0.25, 0.3) is 5.91 Å². The number of morpholine rings is 1. The van der Waals surface area contributed by atoms with Crippen LogP contribution in [0.5, 0.6) is 5.75 Å². The number of ether oxygens (including phenoxy) is 2. The molecule has 0 bridgehead atoms. The number of hydrogen-bond donors (Lipinski definition) is 2. The highest BCUT2D eigenvalue weighted by molar-refractivity contribution is 6.42. The number of pyridine rings is 2. The van der Waals surface area contributed by atoms with Crippen molar-refractivity contribution in [2.45, 2.75) is 10.6 Å². The van der Waals surface area contributed by atoms with Crippen LogP contribution in [0.15, 0.2) is 54.9 Å². The number of para-hydroxylation sites is 1. The Morgan fingerprint density at radius 2 is 1.75 bits per heavy atom. The number of anilines is 2. The number of nitrogen functional groups attached to an aromatic ring is 1. The van der Waals surface area contributed by atoms with Gasteiger partial charge in [-0.3, -0.25) is 14.8 Å². The summed E-state index contributed by atoms with van der Waals surface area (Å²) >= 11 is 0. The summed E-state index contributed by atoms with van der Waals surface area (Å²) in [5, 5.41) is -0.498. The molecule has 4 heterocycles. The van der Waals surface area contributed by atoms with Crippen molar-refractivity contribution in [2.24, 2.45) is 0 Å². The lowest BCUT2D eigenvalue weighted by Gasteiger charge is -2.32. The third-order valence-corrected chi connectivity index (χ3v) is 6.64. The summed E-state index contributed by atoms with van der Waals surface area (Å²) < 4.78 is 10.8. The number of aromatic nitrogens is 4. The van der Waals surface area contributed by atoms with Crippen molar-refractivity contribution >= 4 is 59.8 Å². The third kappa shape index (κ3) is 5.36. The monoisotopic (exact) mass is 525 g/mol. The van der Waals surface area contributed by atoms with E-state index >= 15 is 0 Å². The van der Waals surface area contributed by atoms with E-state index in [2.05, 4.69) is 30.2 Å². The Bertz CT molecular complexity index is 1560. The zero-order chi connectivity index (χ0) is 28.5.